The fourth-order valence-electron chi connectivity index (χ4n) is 0. The van der Waals surface area contributed by atoms with E-state index in [0.717, 1.165) is 5.25 Å². The second kappa shape index (κ2) is 3.28. The molecular weight excluding hydrogens is 109 g/mol. The van der Waals surface area contributed by atoms with Gasteiger partial charge in [-0.2, -0.15) is 0 Å². The molecule has 0 aliphatic heterocycles. The summed E-state index contributed by atoms with van der Waals surface area (Å²) in [5, 5.41) is 1.15. The van der Waals surface area contributed by atoms with Crippen molar-refractivity contribution in [1.29, 1.82) is 0 Å². The Labute approximate surface area is 35.1 Å². The van der Waals surface area contributed by atoms with Crippen LogP contribution in [0.1, 0.15) is 0 Å². The fraction of sp³-hybridized carbons (Fsp3) is 0.333. The van der Waals surface area contributed by atoms with Crippen LogP contribution in [0.2, 0.25) is 5.25 Å². The first-order valence-electron chi connectivity index (χ1n) is 1.22. The molecule has 2 radical (unpaired) electrons. The van der Waals surface area contributed by atoms with E-state index in [1.807, 2.05) is 6.08 Å². The van der Waals surface area contributed by atoms with Crippen LogP contribution in [0.4, 0.5) is 0 Å². The minimum absolute atomic E-state index is 1.15. The van der Waals surface area contributed by atoms with Crippen molar-refractivity contribution in [2.45, 2.75) is 5.25 Å². The molecule has 0 nitrogen and oxygen atoms in total. The summed E-state index contributed by atoms with van der Waals surface area (Å²) in [6, 6.07) is 0. The number of rotatable bonds is 1. The van der Waals surface area contributed by atoms with Crippen LogP contribution in [0.5, 0.6) is 0 Å². The van der Waals surface area contributed by atoms with E-state index in [4.69, 9.17) is 0 Å². The van der Waals surface area contributed by atoms with Crippen molar-refractivity contribution in [3.8, 4) is 0 Å². The summed E-state index contributed by atoms with van der Waals surface area (Å²) in [6.45, 7) is 3.49. The Hall–Kier alpha value is 0.283. The summed E-state index contributed by atoms with van der Waals surface area (Å²) in [5.41, 5.74) is 0. The molecule has 0 aromatic rings. The Kier molecular flexibility index (Phi) is 3.52. The third kappa shape index (κ3) is 2.28. The van der Waals surface area contributed by atoms with Crippen molar-refractivity contribution in [2.24, 2.45) is 0 Å². The average Bonchev–Trinajstić information content (AvgIpc) is 1.37. The van der Waals surface area contributed by atoms with Gasteiger partial charge in [-0.25, -0.2) is 0 Å². The number of allylic oxidation sites excluding steroid dienone is 1. The second-order valence-corrected chi connectivity index (χ2v) is 1.51. The van der Waals surface area contributed by atoms with E-state index in [0.29, 0.717) is 0 Å². The van der Waals surface area contributed by atoms with Gasteiger partial charge in [-0.05, 0) is 0 Å². The van der Waals surface area contributed by atoms with Crippen LogP contribution in [-0.2, 0) is 0 Å². The van der Waals surface area contributed by atoms with E-state index in [2.05, 4.69) is 6.58 Å². The Morgan fingerprint density at radius 3 is 2.25 bits per heavy atom. The van der Waals surface area contributed by atoms with Gasteiger partial charge >= 0.3 is 34.4 Å². The third-order valence-electron chi connectivity index (χ3n) is 0.167. The molecule has 0 atom stereocenters. The van der Waals surface area contributed by atoms with Gasteiger partial charge in [0.05, 0.1) is 0 Å². The molecule has 0 amide bonds. The van der Waals surface area contributed by atoms with E-state index >= 15 is 0 Å². The molecule has 0 saturated carbocycles. The van der Waals surface area contributed by atoms with Crippen molar-refractivity contribution in [2.75, 3.05) is 0 Å². The third-order valence-corrected chi connectivity index (χ3v) is 0.866. The molecule has 0 saturated heterocycles. The van der Waals surface area contributed by atoms with Crippen molar-refractivity contribution < 1.29 is 0 Å². The molecule has 0 aromatic heterocycles. The Bertz CT molecular complexity index is 17.2. The summed E-state index contributed by atoms with van der Waals surface area (Å²) < 4.78 is 0. The van der Waals surface area contributed by atoms with Crippen LogP contribution in [0, 0.1) is 0 Å². The molecule has 0 aliphatic rings. The van der Waals surface area contributed by atoms with Crippen molar-refractivity contribution >= 4 is 16.5 Å². The molecule has 0 N–H and O–H groups in total. The van der Waals surface area contributed by atoms with Crippen molar-refractivity contribution in [1.82, 2.24) is 0 Å². The van der Waals surface area contributed by atoms with Crippen LogP contribution in [0.15, 0.2) is 12.7 Å². The maximum absolute atomic E-state index is 3.49. The van der Waals surface area contributed by atoms with Gasteiger partial charge in [0.25, 0.3) is 0 Å². The molecule has 1 heteroatoms. The molecule has 22 valence electrons. The zero-order chi connectivity index (χ0) is 3.41. The second-order valence-electron chi connectivity index (χ2n) is 0.524. The minimum atomic E-state index is 1.15. The standard InChI is InChI=1S/C3H6Ge/c1-2-3-4/h2,4H,1,3H2. The SMILES string of the molecule is C=C[CH2][GeH]. The summed E-state index contributed by atoms with van der Waals surface area (Å²) in [7, 11) is 0. The van der Waals surface area contributed by atoms with Gasteiger partial charge in [0, 0.05) is 0 Å². The first-order chi connectivity index (χ1) is 1.91. The first kappa shape index (κ1) is 4.28. The molecule has 0 unspecified atom stereocenters. The molecular formula is C3H6Ge. The molecule has 0 heterocycles. The van der Waals surface area contributed by atoms with Crippen LogP contribution in [0.3, 0.4) is 0 Å². The van der Waals surface area contributed by atoms with Gasteiger partial charge in [-0.3, -0.25) is 0 Å². The maximum atomic E-state index is 3.49. The van der Waals surface area contributed by atoms with Crippen molar-refractivity contribution in [3.05, 3.63) is 12.7 Å². The van der Waals surface area contributed by atoms with Crippen LogP contribution < -0.4 is 0 Å². The molecule has 0 aliphatic carbocycles. The predicted molar refractivity (Wildman–Crippen MR) is 22.2 cm³/mol. The van der Waals surface area contributed by atoms with E-state index in [-0.39, 0.29) is 0 Å². The Morgan fingerprint density at radius 2 is 2.25 bits per heavy atom. The summed E-state index contributed by atoms with van der Waals surface area (Å²) >= 11 is 1.71. The summed E-state index contributed by atoms with van der Waals surface area (Å²) in [5.74, 6) is 0. The molecule has 0 bridgehead atoms. The van der Waals surface area contributed by atoms with E-state index in [1.165, 1.54) is 0 Å². The van der Waals surface area contributed by atoms with Gasteiger partial charge in [0.2, 0.25) is 0 Å². The summed E-state index contributed by atoms with van der Waals surface area (Å²) in [4.78, 5) is 0. The molecule has 4 heavy (non-hydrogen) atoms. The van der Waals surface area contributed by atoms with E-state index in [1.54, 1.807) is 16.5 Å². The molecule has 0 fully saturated rings. The van der Waals surface area contributed by atoms with Gasteiger partial charge in [-0.15, -0.1) is 0 Å². The van der Waals surface area contributed by atoms with Crippen LogP contribution >= 0.6 is 0 Å². The quantitative estimate of drug-likeness (QED) is 0.344. The van der Waals surface area contributed by atoms with Gasteiger partial charge in [0.1, 0.15) is 0 Å². The van der Waals surface area contributed by atoms with Gasteiger partial charge < -0.3 is 0 Å². The predicted octanol–water partition coefficient (Wildman–Crippen LogP) is 0.491. The Balaban J connectivity index is 2.30. The zero-order valence-corrected chi connectivity index (χ0v) is 4.99. The molecule has 0 aromatic carbocycles. The number of hydrogen-bond acceptors (Lipinski definition) is 0. The fourth-order valence-corrected chi connectivity index (χ4v) is 0. The average molecular weight is 115 g/mol. The molecule has 0 spiro atoms. The first-order valence-corrected chi connectivity index (χ1v) is 2.94. The summed E-state index contributed by atoms with van der Waals surface area (Å²) in [6.07, 6.45) is 1.90. The van der Waals surface area contributed by atoms with Crippen molar-refractivity contribution in [3.63, 3.8) is 0 Å². The number of hydrogen-bond donors (Lipinski definition) is 0. The van der Waals surface area contributed by atoms with Gasteiger partial charge in [0.15, 0.2) is 0 Å². The topological polar surface area (TPSA) is 0 Å². The zero-order valence-electron chi connectivity index (χ0n) is 2.57. The van der Waals surface area contributed by atoms with E-state index < -0.39 is 0 Å². The monoisotopic (exact) mass is 116 g/mol. The molecule has 0 rings (SSSR count). The van der Waals surface area contributed by atoms with Gasteiger partial charge in [-0.1, -0.05) is 0 Å². The normalized spacial score (nSPS) is 6.25. The van der Waals surface area contributed by atoms with E-state index in [9.17, 15) is 0 Å². The van der Waals surface area contributed by atoms with Crippen LogP contribution in [-0.4, -0.2) is 16.5 Å². The van der Waals surface area contributed by atoms with Crippen LogP contribution in [0.25, 0.3) is 0 Å². The Morgan fingerprint density at radius 1 is 2.00 bits per heavy atom.